The van der Waals surface area contributed by atoms with Crippen LogP contribution in [0.1, 0.15) is 13.8 Å². The second kappa shape index (κ2) is 5.77. The molecule has 0 unspecified atom stereocenters. The second-order valence-electron chi connectivity index (χ2n) is 4.03. The van der Waals surface area contributed by atoms with Crippen molar-refractivity contribution in [2.45, 2.75) is 32.0 Å². The van der Waals surface area contributed by atoms with Crippen molar-refractivity contribution in [1.82, 2.24) is 5.32 Å². The first kappa shape index (κ1) is 12.9. The molecule has 1 saturated heterocycles. The van der Waals surface area contributed by atoms with Gasteiger partial charge in [0.15, 0.2) is 12.1 Å². The molecule has 90 valence electrons. The van der Waals surface area contributed by atoms with Crippen molar-refractivity contribution in [3.63, 3.8) is 0 Å². The van der Waals surface area contributed by atoms with Crippen LogP contribution in [0.4, 0.5) is 0 Å². The van der Waals surface area contributed by atoms with Crippen molar-refractivity contribution < 1.29 is 18.9 Å². The molecule has 5 nitrogen and oxygen atoms in total. The minimum atomic E-state index is -0.458. The maximum absolute atomic E-state index is 5.51. The minimum absolute atomic E-state index is 0.200. The summed E-state index contributed by atoms with van der Waals surface area (Å²) < 4.78 is 21.2. The van der Waals surface area contributed by atoms with Crippen LogP contribution in [0.5, 0.6) is 0 Å². The summed E-state index contributed by atoms with van der Waals surface area (Å²) in [5, 5.41) is 3.26. The molecule has 1 rings (SSSR count). The number of methoxy groups -OCH3 is 2. The first-order chi connectivity index (χ1) is 7.07. The van der Waals surface area contributed by atoms with Crippen LogP contribution in [0.15, 0.2) is 0 Å². The zero-order valence-corrected chi connectivity index (χ0v) is 9.91. The quantitative estimate of drug-likeness (QED) is 0.676. The molecule has 0 aromatic carbocycles. The van der Waals surface area contributed by atoms with Crippen molar-refractivity contribution in [3.05, 3.63) is 0 Å². The summed E-state index contributed by atoms with van der Waals surface area (Å²) in [5.74, 6) is -0.458. The predicted molar refractivity (Wildman–Crippen MR) is 55.6 cm³/mol. The molecule has 0 aliphatic carbocycles. The fraction of sp³-hybridized carbons (Fsp3) is 1.00. The van der Waals surface area contributed by atoms with Crippen LogP contribution in [0.25, 0.3) is 0 Å². The monoisotopic (exact) mass is 219 g/mol. The average Bonchev–Trinajstić information content (AvgIpc) is 2.21. The Morgan fingerprint density at radius 2 is 1.80 bits per heavy atom. The third-order valence-corrected chi connectivity index (χ3v) is 2.36. The van der Waals surface area contributed by atoms with E-state index >= 15 is 0 Å². The van der Waals surface area contributed by atoms with Crippen molar-refractivity contribution in [2.75, 3.05) is 34.0 Å². The molecule has 0 radical (unpaired) electrons. The molecule has 0 atom stereocenters. The SMILES string of the molecule is COC(CNC1COC(C)(C)OC1)OC. The third-order valence-electron chi connectivity index (χ3n) is 2.36. The molecule has 0 saturated carbocycles. The van der Waals surface area contributed by atoms with Crippen LogP contribution in [0.3, 0.4) is 0 Å². The van der Waals surface area contributed by atoms with Crippen molar-refractivity contribution >= 4 is 0 Å². The number of rotatable bonds is 5. The number of hydrogen-bond acceptors (Lipinski definition) is 5. The molecule has 5 heteroatoms. The Morgan fingerprint density at radius 3 is 2.27 bits per heavy atom. The van der Waals surface area contributed by atoms with Gasteiger partial charge in [-0.15, -0.1) is 0 Å². The molecule has 0 aromatic rings. The van der Waals surface area contributed by atoms with Crippen LogP contribution >= 0.6 is 0 Å². The highest BCUT2D eigenvalue weighted by atomic mass is 16.7. The summed E-state index contributed by atoms with van der Waals surface area (Å²) >= 11 is 0. The van der Waals surface area contributed by atoms with Crippen LogP contribution < -0.4 is 5.32 Å². The highest BCUT2D eigenvalue weighted by molar-refractivity contribution is 4.73. The second-order valence-corrected chi connectivity index (χ2v) is 4.03. The Kier molecular flexibility index (Phi) is 4.95. The zero-order valence-electron chi connectivity index (χ0n) is 9.91. The first-order valence-corrected chi connectivity index (χ1v) is 5.14. The summed E-state index contributed by atoms with van der Waals surface area (Å²) in [5.41, 5.74) is 0. The number of ether oxygens (including phenoxy) is 4. The van der Waals surface area contributed by atoms with E-state index in [1.807, 2.05) is 13.8 Å². The summed E-state index contributed by atoms with van der Waals surface area (Å²) in [6.07, 6.45) is -0.222. The lowest BCUT2D eigenvalue weighted by atomic mass is 10.2. The zero-order chi connectivity index (χ0) is 11.3. The van der Waals surface area contributed by atoms with E-state index in [2.05, 4.69) is 5.32 Å². The molecule has 1 aliphatic heterocycles. The maximum Gasteiger partial charge on any atom is 0.169 e. The lowest BCUT2D eigenvalue weighted by molar-refractivity contribution is -0.253. The Balaban J connectivity index is 2.18. The van der Waals surface area contributed by atoms with Crippen molar-refractivity contribution in [1.29, 1.82) is 0 Å². The Hall–Kier alpha value is -0.200. The highest BCUT2D eigenvalue weighted by Gasteiger charge is 2.28. The molecule has 0 spiro atoms. The van der Waals surface area contributed by atoms with E-state index in [0.717, 1.165) is 0 Å². The molecule has 0 aromatic heterocycles. The Labute approximate surface area is 91.0 Å². The van der Waals surface area contributed by atoms with Gasteiger partial charge in [-0.25, -0.2) is 0 Å². The van der Waals surface area contributed by atoms with Gasteiger partial charge in [-0.05, 0) is 13.8 Å². The first-order valence-electron chi connectivity index (χ1n) is 5.14. The van der Waals surface area contributed by atoms with E-state index in [4.69, 9.17) is 18.9 Å². The normalized spacial score (nSPS) is 22.2. The predicted octanol–water partition coefficient (Wildman–Crippen LogP) is 0.346. The van der Waals surface area contributed by atoms with Gasteiger partial charge in [-0.3, -0.25) is 0 Å². The topological polar surface area (TPSA) is 49.0 Å². The van der Waals surface area contributed by atoms with Crippen LogP contribution in [0, 0.1) is 0 Å². The number of nitrogens with one attached hydrogen (secondary N) is 1. The van der Waals surface area contributed by atoms with Gasteiger partial charge in [0.05, 0.1) is 19.3 Å². The maximum atomic E-state index is 5.51. The van der Waals surface area contributed by atoms with Gasteiger partial charge in [-0.2, -0.15) is 0 Å². The average molecular weight is 219 g/mol. The molecule has 1 heterocycles. The Morgan fingerprint density at radius 1 is 1.27 bits per heavy atom. The van der Waals surface area contributed by atoms with Crippen molar-refractivity contribution in [3.8, 4) is 0 Å². The van der Waals surface area contributed by atoms with E-state index in [9.17, 15) is 0 Å². The van der Waals surface area contributed by atoms with Gasteiger partial charge >= 0.3 is 0 Å². The van der Waals surface area contributed by atoms with E-state index < -0.39 is 5.79 Å². The van der Waals surface area contributed by atoms with Crippen LogP contribution in [-0.2, 0) is 18.9 Å². The summed E-state index contributed by atoms with van der Waals surface area (Å²) in [6.45, 7) is 5.75. The standard InChI is InChI=1S/C10H21NO4/c1-10(2)14-6-8(7-15-10)11-5-9(12-3)13-4/h8-9,11H,5-7H2,1-4H3. The lowest BCUT2D eigenvalue weighted by Gasteiger charge is -2.35. The van der Waals surface area contributed by atoms with Gasteiger partial charge in [0.1, 0.15) is 0 Å². The van der Waals surface area contributed by atoms with Crippen molar-refractivity contribution in [2.24, 2.45) is 0 Å². The smallest absolute Gasteiger partial charge is 0.169 e. The van der Waals surface area contributed by atoms with E-state index in [-0.39, 0.29) is 12.3 Å². The lowest BCUT2D eigenvalue weighted by Crippen LogP contribution is -2.50. The molecular weight excluding hydrogens is 198 g/mol. The van der Waals surface area contributed by atoms with Crippen LogP contribution in [0.2, 0.25) is 0 Å². The summed E-state index contributed by atoms with van der Waals surface area (Å²) in [4.78, 5) is 0. The fourth-order valence-electron chi connectivity index (χ4n) is 1.34. The van der Waals surface area contributed by atoms with E-state index in [1.54, 1.807) is 14.2 Å². The molecule has 15 heavy (non-hydrogen) atoms. The van der Waals surface area contributed by atoms with Crippen LogP contribution in [-0.4, -0.2) is 52.1 Å². The molecule has 0 bridgehead atoms. The summed E-state index contributed by atoms with van der Waals surface area (Å²) in [7, 11) is 3.24. The van der Waals surface area contributed by atoms with Gasteiger partial charge in [0.2, 0.25) is 0 Å². The number of hydrogen-bond donors (Lipinski definition) is 1. The van der Waals surface area contributed by atoms with E-state index in [0.29, 0.717) is 19.8 Å². The Bertz CT molecular complexity index is 172. The fourth-order valence-corrected chi connectivity index (χ4v) is 1.34. The molecule has 1 fully saturated rings. The molecule has 1 aliphatic rings. The molecule has 0 amide bonds. The third kappa shape index (κ3) is 4.44. The van der Waals surface area contributed by atoms with Gasteiger partial charge in [0.25, 0.3) is 0 Å². The van der Waals surface area contributed by atoms with Gasteiger partial charge in [0, 0.05) is 20.8 Å². The van der Waals surface area contributed by atoms with E-state index in [1.165, 1.54) is 0 Å². The summed E-state index contributed by atoms with van der Waals surface area (Å²) in [6, 6.07) is 0.200. The minimum Gasteiger partial charge on any atom is -0.355 e. The highest BCUT2D eigenvalue weighted by Crippen LogP contribution is 2.16. The molecular formula is C10H21NO4. The van der Waals surface area contributed by atoms with Gasteiger partial charge in [-0.1, -0.05) is 0 Å². The molecule has 1 N–H and O–H groups in total. The largest absolute Gasteiger partial charge is 0.355 e. The van der Waals surface area contributed by atoms with Gasteiger partial charge < -0.3 is 24.3 Å².